The SMILES string of the molecule is Cc1ccc(Nc2ccc3c(c2)ncn3-c2ccc(CCO)c(N3CC[C@@H](C(F)F)C3)n2)nn1. The van der Waals surface area contributed by atoms with Crippen molar-refractivity contribution < 1.29 is 13.9 Å². The van der Waals surface area contributed by atoms with Crippen LogP contribution in [0.25, 0.3) is 16.9 Å². The van der Waals surface area contributed by atoms with Gasteiger partial charge in [-0.1, -0.05) is 6.07 Å². The largest absolute Gasteiger partial charge is 0.396 e. The molecule has 0 aliphatic carbocycles. The van der Waals surface area contributed by atoms with Crippen molar-refractivity contribution in [1.29, 1.82) is 0 Å². The molecule has 4 heterocycles. The Kier molecular flexibility index (Phi) is 6.06. The molecule has 1 saturated heterocycles. The third-order valence-electron chi connectivity index (χ3n) is 6.07. The number of nitrogens with one attached hydrogen (secondary N) is 1. The fraction of sp³-hybridized carbons (Fsp3) is 0.333. The standard InChI is InChI=1S/C24H25F2N7O/c1-15-2-6-21(31-30-15)28-18-4-5-20-19(12-18)27-14-33(20)22-7-3-16(9-11-34)24(29-22)32-10-8-17(13-32)23(25)26/h2-7,12,14,17,23,34H,8-11,13H2,1H3,(H,28,31)/t17-/m1/s1. The van der Waals surface area contributed by atoms with Gasteiger partial charge in [0.25, 0.3) is 0 Å². The molecule has 0 spiro atoms. The minimum atomic E-state index is -2.35. The second-order valence-corrected chi connectivity index (χ2v) is 8.46. The predicted molar refractivity (Wildman–Crippen MR) is 126 cm³/mol. The van der Waals surface area contributed by atoms with E-state index in [4.69, 9.17) is 4.98 Å². The maximum Gasteiger partial charge on any atom is 0.243 e. The molecule has 0 amide bonds. The van der Waals surface area contributed by atoms with Crippen LogP contribution in [0, 0.1) is 12.8 Å². The number of nitrogens with zero attached hydrogens (tertiary/aromatic N) is 6. The van der Waals surface area contributed by atoms with Crippen LogP contribution < -0.4 is 10.2 Å². The molecule has 1 aliphatic rings. The van der Waals surface area contributed by atoms with E-state index < -0.39 is 12.3 Å². The molecule has 8 nitrogen and oxygen atoms in total. The first-order chi connectivity index (χ1) is 16.5. The number of anilines is 3. The lowest BCUT2D eigenvalue weighted by atomic mass is 10.1. The monoisotopic (exact) mass is 465 g/mol. The molecule has 34 heavy (non-hydrogen) atoms. The Morgan fingerprint density at radius 1 is 1.15 bits per heavy atom. The fourth-order valence-electron chi connectivity index (χ4n) is 4.26. The van der Waals surface area contributed by atoms with Crippen LogP contribution in [-0.2, 0) is 6.42 Å². The molecular weight excluding hydrogens is 440 g/mol. The van der Waals surface area contributed by atoms with Gasteiger partial charge in [0.1, 0.15) is 18.0 Å². The molecule has 0 radical (unpaired) electrons. The van der Waals surface area contributed by atoms with Gasteiger partial charge < -0.3 is 15.3 Å². The van der Waals surface area contributed by atoms with Crippen molar-refractivity contribution >= 4 is 28.4 Å². The number of fused-ring (bicyclic) bond motifs is 1. The van der Waals surface area contributed by atoms with E-state index in [1.807, 2.05) is 58.9 Å². The molecule has 3 aromatic heterocycles. The Bertz CT molecular complexity index is 1290. The molecule has 1 fully saturated rings. The number of hydrogen-bond donors (Lipinski definition) is 2. The molecule has 1 aromatic carbocycles. The summed E-state index contributed by atoms with van der Waals surface area (Å²) in [5.74, 6) is 1.27. The maximum absolute atomic E-state index is 13.2. The Hall–Kier alpha value is -3.66. The highest BCUT2D eigenvalue weighted by Crippen LogP contribution is 2.31. The summed E-state index contributed by atoms with van der Waals surface area (Å²) in [6, 6.07) is 13.3. The molecule has 4 aromatic rings. The number of halogens is 2. The Morgan fingerprint density at radius 2 is 2.03 bits per heavy atom. The van der Waals surface area contributed by atoms with Gasteiger partial charge in [-0.2, -0.15) is 5.10 Å². The number of pyridine rings is 1. The highest BCUT2D eigenvalue weighted by Gasteiger charge is 2.31. The molecule has 10 heteroatoms. The van der Waals surface area contributed by atoms with Crippen LogP contribution in [0.5, 0.6) is 0 Å². The highest BCUT2D eigenvalue weighted by molar-refractivity contribution is 5.82. The second kappa shape index (κ2) is 9.30. The van der Waals surface area contributed by atoms with Crippen LogP contribution in [0.4, 0.5) is 26.1 Å². The molecule has 5 rings (SSSR count). The zero-order valence-electron chi connectivity index (χ0n) is 18.7. The summed E-state index contributed by atoms with van der Waals surface area (Å²) in [7, 11) is 0. The number of aryl methyl sites for hydroxylation is 1. The highest BCUT2D eigenvalue weighted by atomic mass is 19.3. The summed E-state index contributed by atoms with van der Waals surface area (Å²) in [6.07, 6.45) is 0.196. The molecule has 1 aliphatic heterocycles. The normalized spacial score (nSPS) is 16.0. The number of rotatable bonds is 7. The van der Waals surface area contributed by atoms with Gasteiger partial charge in [-0.05, 0) is 61.7 Å². The number of alkyl halides is 2. The number of benzene rings is 1. The van der Waals surface area contributed by atoms with Crippen molar-refractivity contribution in [2.45, 2.75) is 26.2 Å². The van der Waals surface area contributed by atoms with Crippen LogP contribution in [0.3, 0.4) is 0 Å². The van der Waals surface area contributed by atoms with E-state index in [2.05, 4.69) is 20.5 Å². The summed E-state index contributed by atoms with van der Waals surface area (Å²) in [4.78, 5) is 11.2. The van der Waals surface area contributed by atoms with Crippen LogP contribution in [0.2, 0.25) is 0 Å². The van der Waals surface area contributed by atoms with E-state index in [-0.39, 0.29) is 13.2 Å². The molecule has 0 unspecified atom stereocenters. The van der Waals surface area contributed by atoms with Crippen LogP contribution >= 0.6 is 0 Å². The fourth-order valence-corrected chi connectivity index (χ4v) is 4.26. The average Bonchev–Trinajstić information content (AvgIpc) is 3.49. The lowest BCUT2D eigenvalue weighted by Crippen LogP contribution is -2.24. The molecule has 176 valence electrons. The molecule has 1 atom stereocenters. The Balaban J connectivity index is 1.45. The summed E-state index contributed by atoms with van der Waals surface area (Å²) in [5, 5.41) is 20.9. The van der Waals surface area contributed by atoms with Gasteiger partial charge >= 0.3 is 0 Å². The smallest absolute Gasteiger partial charge is 0.243 e. The third kappa shape index (κ3) is 4.41. The van der Waals surface area contributed by atoms with Crippen molar-refractivity contribution in [3.8, 4) is 5.82 Å². The van der Waals surface area contributed by atoms with E-state index in [0.29, 0.717) is 36.8 Å². The molecule has 0 saturated carbocycles. The van der Waals surface area contributed by atoms with Crippen molar-refractivity contribution in [3.63, 3.8) is 0 Å². The first kappa shape index (κ1) is 22.1. The van der Waals surface area contributed by atoms with Gasteiger partial charge in [-0.3, -0.25) is 4.57 Å². The van der Waals surface area contributed by atoms with E-state index in [1.165, 1.54) is 0 Å². The number of hydrogen-bond acceptors (Lipinski definition) is 7. The van der Waals surface area contributed by atoms with Crippen LogP contribution in [-0.4, -0.2) is 56.0 Å². The van der Waals surface area contributed by atoms with Crippen molar-refractivity contribution in [2.75, 3.05) is 29.9 Å². The van der Waals surface area contributed by atoms with Gasteiger partial charge in [-0.25, -0.2) is 18.7 Å². The summed E-state index contributed by atoms with van der Waals surface area (Å²) in [6.45, 7) is 2.63. The lowest BCUT2D eigenvalue weighted by Gasteiger charge is -2.22. The summed E-state index contributed by atoms with van der Waals surface area (Å²) in [5.41, 5.74) is 4.15. The predicted octanol–water partition coefficient (Wildman–Crippen LogP) is 3.89. The molecule has 2 N–H and O–H groups in total. The summed E-state index contributed by atoms with van der Waals surface area (Å²) < 4.78 is 28.3. The van der Waals surface area contributed by atoms with Crippen molar-refractivity contribution in [3.05, 3.63) is 60.0 Å². The minimum Gasteiger partial charge on any atom is -0.396 e. The first-order valence-electron chi connectivity index (χ1n) is 11.2. The van der Waals surface area contributed by atoms with Gasteiger partial charge in [0, 0.05) is 31.3 Å². The lowest BCUT2D eigenvalue weighted by molar-refractivity contribution is 0.0880. The number of aliphatic hydroxyl groups excluding tert-OH is 1. The summed E-state index contributed by atoms with van der Waals surface area (Å²) >= 11 is 0. The van der Waals surface area contributed by atoms with E-state index in [1.54, 1.807) is 6.33 Å². The number of aromatic nitrogens is 5. The van der Waals surface area contributed by atoms with Crippen LogP contribution in [0.15, 0.2) is 48.8 Å². The molecule has 0 bridgehead atoms. The zero-order chi connectivity index (χ0) is 23.7. The minimum absolute atomic E-state index is 0.0325. The van der Waals surface area contributed by atoms with Crippen molar-refractivity contribution in [2.24, 2.45) is 5.92 Å². The van der Waals surface area contributed by atoms with Crippen molar-refractivity contribution in [1.82, 2.24) is 24.7 Å². The maximum atomic E-state index is 13.2. The Morgan fingerprint density at radius 3 is 2.76 bits per heavy atom. The third-order valence-corrected chi connectivity index (χ3v) is 6.07. The van der Waals surface area contributed by atoms with Gasteiger partial charge in [0.2, 0.25) is 6.43 Å². The quantitative estimate of drug-likeness (QED) is 0.428. The topological polar surface area (TPSA) is 92.0 Å². The second-order valence-electron chi connectivity index (χ2n) is 8.46. The Labute approximate surface area is 195 Å². The van der Waals surface area contributed by atoms with Gasteiger partial charge in [0.05, 0.1) is 16.7 Å². The number of aliphatic hydroxyl groups is 1. The zero-order valence-corrected chi connectivity index (χ0v) is 18.7. The van der Waals surface area contributed by atoms with Crippen LogP contribution in [0.1, 0.15) is 17.7 Å². The average molecular weight is 466 g/mol. The van der Waals surface area contributed by atoms with E-state index >= 15 is 0 Å². The van der Waals surface area contributed by atoms with E-state index in [0.717, 1.165) is 28.0 Å². The first-order valence-corrected chi connectivity index (χ1v) is 11.2. The molecular formula is C24H25F2N7O. The van der Waals surface area contributed by atoms with Gasteiger partial charge in [-0.15, -0.1) is 5.10 Å². The number of imidazole rings is 1. The van der Waals surface area contributed by atoms with Gasteiger partial charge in [0.15, 0.2) is 5.82 Å². The van der Waals surface area contributed by atoms with E-state index in [9.17, 15) is 13.9 Å².